The SMILES string of the molecule is COC(=O)c1cc(O)c(C)c(O)c1. The Morgan fingerprint density at radius 2 is 1.77 bits per heavy atom. The zero-order valence-corrected chi connectivity index (χ0v) is 7.37. The van der Waals surface area contributed by atoms with Gasteiger partial charge in [-0.05, 0) is 19.1 Å². The molecule has 0 heterocycles. The molecule has 0 saturated carbocycles. The molecule has 4 heteroatoms. The molecule has 0 unspecified atom stereocenters. The van der Waals surface area contributed by atoms with E-state index in [2.05, 4.69) is 4.74 Å². The summed E-state index contributed by atoms with van der Waals surface area (Å²) in [6.45, 7) is 1.55. The van der Waals surface area contributed by atoms with Crippen LogP contribution in [0.1, 0.15) is 15.9 Å². The van der Waals surface area contributed by atoms with Crippen molar-refractivity contribution in [2.24, 2.45) is 0 Å². The molecule has 1 aromatic rings. The second kappa shape index (κ2) is 3.35. The van der Waals surface area contributed by atoms with E-state index in [1.807, 2.05) is 0 Å². The minimum absolute atomic E-state index is 0.125. The number of hydrogen-bond donors (Lipinski definition) is 2. The third-order valence-electron chi connectivity index (χ3n) is 1.77. The Morgan fingerprint density at radius 1 is 1.31 bits per heavy atom. The molecule has 0 atom stereocenters. The predicted molar refractivity (Wildman–Crippen MR) is 45.8 cm³/mol. The van der Waals surface area contributed by atoms with Gasteiger partial charge in [-0.25, -0.2) is 4.79 Å². The molecule has 0 fully saturated rings. The third kappa shape index (κ3) is 1.72. The standard InChI is InChI=1S/C9H10O4/c1-5-7(10)3-6(4-8(5)11)9(12)13-2/h3-4,10-11H,1-2H3. The minimum atomic E-state index is -0.592. The summed E-state index contributed by atoms with van der Waals surface area (Å²) in [5, 5.41) is 18.5. The lowest BCUT2D eigenvalue weighted by Crippen LogP contribution is -2.00. The van der Waals surface area contributed by atoms with E-state index in [1.165, 1.54) is 19.2 Å². The van der Waals surface area contributed by atoms with Crippen LogP contribution in [0.15, 0.2) is 12.1 Å². The zero-order valence-electron chi connectivity index (χ0n) is 7.37. The molecule has 4 nitrogen and oxygen atoms in total. The Labute approximate surface area is 75.4 Å². The minimum Gasteiger partial charge on any atom is -0.508 e. The fourth-order valence-corrected chi connectivity index (χ4v) is 0.920. The molecule has 2 N–H and O–H groups in total. The molecule has 0 aliphatic heterocycles. The molecule has 0 saturated heterocycles. The lowest BCUT2D eigenvalue weighted by molar-refractivity contribution is 0.0600. The number of esters is 1. The molecule has 0 aliphatic carbocycles. The lowest BCUT2D eigenvalue weighted by atomic mass is 10.1. The van der Waals surface area contributed by atoms with Crippen LogP contribution < -0.4 is 0 Å². The second-order valence-corrected chi connectivity index (χ2v) is 2.63. The van der Waals surface area contributed by atoms with E-state index in [0.717, 1.165) is 0 Å². The van der Waals surface area contributed by atoms with Crippen LogP contribution in [-0.4, -0.2) is 23.3 Å². The highest BCUT2D eigenvalue weighted by Crippen LogP contribution is 2.27. The Hall–Kier alpha value is -1.71. The average molecular weight is 182 g/mol. The van der Waals surface area contributed by atoms with Crippen LogP contribution in [0.25, 0.3) is 0 Å². The first-order valence-electron chi connectivity index (χ1n) is 3.67. The van der Waals surface area contributed by atoms with Gasteiger partial charge in [-0.3, -0.25) is 0 Å². The maximum Gasteiger partial charge on any atom is 0.338 e. The Bertz CT molecular complexity index is 320. The van der Waals surface area contributed by atoms with Crippen LogP contribution in [0.4, 0.5) is 0 Å². The molecule has 13 heavy (non-hydrogen) atoms. The maximum atomic E-state index is 11.0. The summed E-state index contributed by atoms with van der Waals surface area (Å²) >= 11 is 0. The number of aromatic hydroxyl groups is 2. The number of hydrogen-bond acceptors (Lipinski definition) is 4. The summed E-state index contributed by atoms with van der Waals surface area (Å²) in [5.41, 5.74) is 0.468. The van der Waals surface area contributed by atoms with E-state index in [1.54, 1.807) is 6.92 Å². The van der Waals surface area contributed by atoms with Gasteiger partial charge in [-0.15, -0.1) is 0 Å². The highest BCUT2D eigenvalue weighted by Gasteiger charge is 2.11. The van der Waals surface area contributed by atoms with Crippen molar-refractivity contribution in [1.82, 2.24) is 0 Å². The monoisotopic (exact) mass is 182 g/mol. The van der Waals surface area contributed by atoms with Crippen LogP contribution in [0.2, 0.25) is 0 Å². The summed E-state index contributed by atoms with van der Waals surface area (Å²) in [4.78, 5) is 11.0. The van der Waals surface area contributed by atoms with Gasteiger partial charge < -0.3 is 14.9 Å². The van der Waals surface area contributed by atoms with Crippen molar-refractivity contribution in [2.45, 2.75) is 6.92 Å². The molecule has 0 amide bonds. The maximum absolute atomic E-state index is 11.0. The van der Waals surface area contributed by atoms with Gasteiger partial charge in [0.25, 0.3) is 0 Å². The van der Waals surface area contributed by atoms with Crippen LogP contribution in [0.5, 0.6) is 11.5 Å². The van der Waals surface area contributed by atoms with Crippen molar-refractivity contribution in [3.63, 3.8) is 0 Å². The van der Waals surface area contributed by atoms with Gasteiger partial charge in [-0.2, -0.15) is 0 Å². The van der Waals surface area contributed by atoms with E-state index < -0.39 is 5.97 Å². The fourth-order valence-electron chi connectivity index (χ4n) is 0.920. The lowest BCUT2D eigenvalue weighted by Gasteiger charge is -2.04. The van der Waals surface area contributed by atoms with Crippen molar-refractivity contribution in [1.29, 1.82) is 0 Å². The summed E-state index contributed by atoms with van der Waals surface area (Å²) in [6, 6.07) is 2.50. The number of phenols is 2. The third-order valence-corrected chi connectivity index (χ3v) is 1.77. The topological polar surface area (TPSA) is 66.8 Å². The summed E-state index contributed by atoms with van der Waals surface area (Å²) in [6.07, 6.45) is 0. The van der Waals surface area contributed by atoms with Crippen molar-refractivity contribution in [3.8, 4) is 11.5 Å². The largest absolute Gasteiger partial charge is 0.508 e. The summed E-state index contributed by atoms with van der Waals surface area (Å²) < 4.78 is 4.42. The highest BCUT2D eigenvalue weighted by molar-refractivity contribution is 5.90. The molecule has 0 aromatic heterocycles. The second-order valence-electron chi connectivity index (χ2n) is 2.63. The number of methoxy groups -OCH3 is 1. The molecule has 0 radical (unpaired) electrons. The number of carbonyl (C=O) groups is 1. The van der Waals surface area contributed by atoms with E-state index in [4.69, 9.17) is 0 Å². The number of ether oxygens (including phenoxy) is 1. The number of rotatable bonds is 1. The van der Waals surface area contributed by atoms with E-state index in [0.29, 0.717) is 5.56 Å². The molecular weight excluding hydrogens is 172 g/mol. The quantitative estimate of drug-likeness (QED) is 0.640. The van der Waals surface area contributed by atoms with Crippen LogP contribution in [0, 0.1) is 6.92 Å². The normalized spacial score (nSPS) is 9.69. The molecule has 0 spiro atoms. The molecule has 0 aliphatic rings. The van der Waals surface area contributed by atoms with Crippen molar-refractivity contribution in [2.75, 3.05) is 7.11 Å². The molecule has 0 bridgehead atoms. The van der Waals surface area contributed by atoms with Gasteiger partial charge >= 0.3 is 5.97 Å². The fraction of sp³-hybridized carbons (Fsp3) is 0.222. The van der Waals surface area contributed by atoms with Gasteiger partial charge in [0.1, 0.15) is 11.5 Å². The number of phenolic OH excluding ortho intramolecular Hbond substituents is 2. The smallest absolute Gasteiger partial charge is 0.338 e. The van der Waals surface area contributed by atoms with Crippen LogP contribution in [-0.2, 0) is 4.74 Å². The predicted octanol–water partition coefficient (Wildman–Crippen LogP) is 1.19. The van der Waals surface area contributed by atoms with Crippen molar-refractivity contribution < 1.29 is 19.7 Å². The summed E-state index contributed by atoms with van der Waals surface area (Å²) in [7, 11) is 1.23. The zero-order chi connectivity index (χ0) is 10.0. The van der Waals surface area contributed by atoms with Crippen molar-refractivity contribution >= 4 is 5.97 Å². The van der Waals surface area contributed by atoms with E-state index in [9.17, 15) is 15.0 Å². The Balaban J connectivity index is 3.20. The van der Waals surface area contributed by atoms with E-state index >= 15 is 0 Å². The number of carbonyl (C=O) groups excluding carboxylic acids is 1. The van der Waals surface area contributed by atoms with Crippen LogP contribution in [0.3, 0.4) is 0 Å². The van der Waals surface area contributed by atoms with Gasteiger partial charge in [0.2, 0.25) is 0 Å². The Kier molecular flexibility index (Phi) is 2.41. The molecule has 1 aromatic carbocycles. The van der Waals surface area contributed by atoms with E-state index in [-0.39, 0.29) is 17.1 Å². The first-order valence-corrected chi connectivity index (χ1v) is 3.67. The molecule has 1 rings (SSSR count). The molecular formula is C9H10O4. The van der Waals surface area contributed by atoms with Crippen LogP contribution >= 0.6 is 0 Å². The Morgan fingerprint density at radius 3 is 2.15 bits per heavy atom. The van der Waals surface area contributed by atoms with Gasteiger partial charge in [0, 0.05) is 5.56 Å². The highest BCUT2D eigenvalue weighted by atomic mass is 16.5. The summed E-state index contributed by atoms with van der Waals surface area (Å²) in [5.74, 6) is -0.841. The first kappa shape index (κ1) is 9.38. The van der Waals surface area contributed by atoms with Gasteiger partial charge in [-0.1, -0.05) is 0 Å². The first-order chi connectivity index (χ1) is 6.06. The average Bonchev–Trinajstić information content (AvgIpc) is 2.12. The molecule has 70 valence electrons. The number of benzene rings is 1. The van der Waals surface area contributed by atoms with Gasteiger partial charge in [0.15, 0.2) is 0 Å². The van der Waals surface area contributed by atoms with Gasteiger partial charge in [0.05, 0.1) is 12.7 Å². The van der Waals surface area contributed by atoms with Crippen molar-refractivity contribution in [3.05, 3.63) is 23.3 Å².